The molecule has 0 aromatic heterocycles. The summed E-state index contributed by atoms with van der Waals surface area (Å²) in [6.07, 6.45) is 3.39. The molecule has 1 aromatic rings. The number of piperazine rings is 1. The van der Waals surface area contributed by atoms with Crippen molar-refractivity contribution in [2.24, 2.45) is 0 Å². The van der Waals surface area contributed by atoms with Crippen molar-refractivity contribution in [3.8, 4) is 5.75 Å². The van der Waals surface area contributed by atoms with E-state index in [4.69, 9.17) is 4.74 Å². The van der Waals surface area contributed by atoms with Gasteiger partial charge in [0.2, 0.25) is 5.91 Å². The van der Waals surface area contributed by atoms with E-state index < -0.39 is 9.84 Å². The SMILES string of the molecule is COc1cc2c(cc1CN1CCN(C(C)=O)[C@H]3CS(=O)(=O)C[C@H]31)CCC2. The second kappa shape index (κ2) is 6.53. The number of nitrogens with zero attached hydrogens (tertiary/aromatic N) is 2. The normalized spacial score (nSPS) is 27.2. The first-order chi connectivity index (χ1) is 12.4. The molecule has 6 nitrogen and oxygen atoms in total. The zero-order valence-electron chi connectivity index (χ0n) is 15.4. The molecule has 2 atom stereocenters. The fourth-order valence-electron chi connectivity index (χ4n) is 4.80. The first kappa shape index (κ1) is 17.8. The number of carbonyl (C=O) groups excluding carboxylic acids is 1. The number of carbonyl (C=O) groups is 1. The maximum absolute atomic E-state index is 12.3. The number of hydrogen-bond acceptors (Lipinski definition) is 5. The maximum Gasteiger partial charge on any atom is 0.219 e. The van der Waals surface area contributed by atoms with E-state index in [0.717, 1.165) is 24.2 Å². The van der Waals surface area contributed by atoms with E-state index in [0.29, 0.717) is 19.6 Å². The Morgan fingerprint density at radius 2 is 1.85 bits per heavy atom. The summed E-state index contributed by atoms with van der Waals surface area (Å²) in [4.78, 5) is 15.9. The summed E-state index contributed by atoms with van der Waals surface area (Å²) in [6, 6.07) is 4.02. The Morgan fingerprint density at radius 1 is 1.15 bits per heavy atom. The van der Waals surface area contributed by atoms with Crippen LogP contribution in [0, 0.1) is 0 Å². The Kier molecular flexibility index (Phi) is 4.47. The second-order valence-electron chi connectivity index (χ2n) is 7.68. The van der Waals surface area contributed by atoms with Gasteiger partial charge in [-0.25, -0.2) is 8.42 Å². The van der Waals surface area contributed by atoms with E-state index in [2.05, 4.69) is 17.0 Å². The molecule has 26 heavy (non-hydrogen) atoms. The molecular weight excluding hydrogens is 352 g/mol. The molecule has 2 aliphatic heterocycles. The van der Waals surface area contributed by atoms with Gasteiger partial charge in [0, 0.05) is 38.2 Å². The zero-order chi connectivity index (χ0) is 18.5. The van der Waals surface area contributed by atoms with E-state index >= 15 is 0 Å². The molecule has 1 aliphatic carbocycles. The highest BCUT2D eigenvalue weighted by Crippen LogP contribution is 2.33. The predicted molar refractivity (Wildman–Crippen MR) is 99.0 cm³/mol. The van der Waals surface area contributed by atoms with E-state index in [1.807, 2.05) is 0 Å². The monoisotopic (exact) mass is 378 g/mol. The molecular formula is C19H26N2O4S. The molecule has 0 radical (unpaired) electrons. The van der Waals surface area contributed by atoms with Gasteiger partial charge >= 0.3 is 0 Å². The summed E-state index contributed by atoms with van der Waals surface area (Å²) in [5.41, 5.74) is 3.87. The minimum absolute atomic E-state index is 0.0353. The van der Waals surface area contributed by atoms with Gasteiger partial charge in [-0.05, 0) is 36.5 Å². The largest absolute Gasteiger partial charge is 0.496 e. The zero-order valence-corrected chi connectivity index (χ0v) is 16.2. The van der Waals surface area contributed by atoms with Crippen LogP contribution in [0.4, 0.5) is 0 Å². The molecule has 0 bridgehead atoms. The molecule has 7 heteroatoms. The lowest BCUT2D eigenvalue weighted by atomic mass is 10.0. The minimum atomic E-state index is -3.11. The Labute approximate surface area is 155 Å². The third-order valence-corrected chi connectivity index (χ3v) is 7.76. The van der Waals surface area contributed by atoms with Crippen molar-refractivity contribution in [1.29, 1.82) is 0 Å². The third kappa shape index (κ3) is 3.11. The van der Waals surface area contributed by atoms with Crippen molar-refractivity contribution < 1.29 is 17.9 Å². The predicted octanol–water partition coefficient (Wildman–Crippen LogP) is 1.01. The van der Waals surface area contributed by atoms with Crippen LogP contribution in [-0.2, 0) is 34.0 Å². The summed E-state index contributed by atoms with van der Waals surface area (Å²) >= 11 is 0. The number of rotatable bonds is 3. The number of methoxy groups -OCH3 is 1. The highest BCUT2D eigenvalue weighted by Gasteiger charge is 2.47. The first-order valence-corrected chi connectivity index (χ1v) is 11.1. The Balaban J connectivity index is 1.62. The number of ether oxygens (including phenoxy) is 1. The Bertz CT molecular complexity index is 836. The Morgan fingerprint density at radius 3 is 2.54 bits per heavy atom. The highest BCUT2D eigenvalue weighted by atomic mass is 32.2. The quantitative estimate of drug-likeness (QED) is 0.785. The highest BCUT2D eigenvalue weighted by molar-refractivity contribution is 7.91. The molecule has 3 aliphatic rings. The number of benzene rings is 1. The van der Waals surface area contributed by atoms with Gasteiger partial charge < -0.3 is 9.64 Å². The summed E-state index contributed by atoms with van der Waals surface area (Å²) in [5, 5.41) is 0. The van der Waals surface area contributed by atoms with Gasteiger partial charge in [0.05, 0.1) is 24.7 Å². The fourth-order valence-corrected chi connectivity index (χ4v) is 6.81. The van der Waals surface area contributed by atoms with Crippen molar-refractivity contribution in [3.63, 3.8) is 0 Å². The smallest absolute Gasteiger partial charge is 0.219 e. The summed E-state index contributed by atoms with van der Waals surface area (Å²) in [6.45, 7) is 3.47. The van der Waals surface area contributed by atoms with E-state index in [1.54, 1.807) is 12.0 Å². The molecule has 0 N–H and O–H groups in total. The topological polar surface area (TPSA) is 66.9 Å². The van der Waals surface area contributed by atoms with E-state index in [-0.39, 0.29) is 29.5 Å². The maximum atomic E-state index is 12.3. The van der Waals surface area contributed by atoms with Gasteiger partial charge in [-0.3, -0.25) is 9.69 Å². The molecule has 2 saturated heterocycles. The van der Waals surface area contributed by atoms with Crippen molar-refractivity contribution in [1.82, 2.24) is 9.80 Å². The molecule has 0 spiro atoms. The van der Waals surface area contributed by atoms with Crippen LogP contribution in [0.1, 0.15) is 30.0 Å². The average molecular weight is 378 g/mol. The molecule has 1 amide bonds. The van der Waals surface area contributed by atoms with Crippen LogP contribution in [0.25, 0.3) is 0 Å². The van der Waals surface area contributed by atoms with Crippen LogP contribution in [0.2, 0.25) is 0 Å². The number of fused-ring (bicyclic) bond motifs is 2. The van der Waals surface area contributed by atoms with Crippen molar-refractivity contribution >= 4 is 15.7 Å². The molecule has 0 saturated carbocycles. The first-order valence-electron chi connectivity index (χ1n) is 9.28. The molecule has 1 aromatic carbocycles. The average Bonchev–Trinajstić information content (AvgIpc) is 3.16. The summed E-state index contributed by atoms with van der Waals surface area (Å²) < 4.78 is 30.1. The molecule has 2 fully saturated rings. The third-order valence-electron chi connectivity index (χ3n) is 6.06. The summed E-state index contributed by atoms with van der Waals surface area (Å²) in [5.74, 6) is 1.06. The van der Waals surface area contributed by atoms with Gasteiger partial charge in [-0.2, -0.15) is 0 Å². The molecule has 142 valence electrons. The Hall–Kier alpha value is -1.60. The van der Waals surface area contributed by atoms with Gasteiger partial charge in [0.25, 0.3) is 0 Å². The number of sulfone groups is 1. The lowest BCUT2D eigenvalue weighted by Gasteiger charge is -2.43. The number of aryl methyl sites for hydroxylation is 2. The number of amides is 1. The van der Waals surface area contributed by atoms with Gasteiger partial charge in [0.1, 0.15) is 5.75 Å². The van der Waals surface area contributed by atoms with Crippen molar-refractivity contribution in [2.75, 3.05) is 31.7 Å². The van der Waals surface area contributed by atoms with E-state index in [1.165, 1.54) is 24.5 Å². The van der Waals surface area contributed by atoms with Crippen LogP contribution in [0.5, 0.6) is 5.75 Å². The molecule has 0 unspecified atom stereocenters. The molecule has 4 rings (SSSR count). The standard InChI is InChI=1S/C19H26N2O4S/c1-13(22)21-7-6-20(17-11-26(23,24)12-18(17)21)10-16-8-14-4-3-5-15(14)9-19(16)25-2/h8-9,17-18H,3-7,10-12H2,1-2H3/t17-,18+/m1/s1. The van der Waals surface area contributed by atoms with Gasteiger partial charge in [0.15, 0.2) is 9.84 Å². The van der Waals surface area contributed by atoms with Gasteiger partial charge in [-0.15, -0.1) is 0 Å². The molecule has 2 heterocycles. The van der Waals surface area contributed by atoms with Crippen molar-refractivity contribution in [3.05, 3.63) is 28.8 Å². The summed E-state index contributed by atoms with van der Waals surface area (Å²) in [7, 11) is -1.42. The fraction of sp³-hybridized carbons (Fsp3) is 0.632. The lowest BCUT2D eigenvalue weighted by Crippen LogP contribution is -2.59. The van der Waals surface area contributed by atoms with Crippen LogP contribution < -0.4 is 4.74 Å². The van der Waals surface area contributed by atoms with Crippen LogP contribution in [-0.4, -0.2) is 67.9 Å². The van der Waals surface area contributed by atoms with Crippen molar-refractivity contribution in [2.45, 2.75) is 44.8 Å². The van der Waals surface area contributed by atoms with Crippen LogP contribution in [0.15, 0.2) is 12.1 Å². The van der Waals surface area contributed by atoms with E-state index in [9.17, 15) is 13.2 Å². The lowest BCUT2D eigenvalue weighted by molar-refractivity contribution is -0.134. The minimum Gasteiger partial charge on any atom is -0.496 e. The van der Waals surface area contributed by atoms with Crippen LogP contribution in [0.3, 0.4) is 0 Å². The second-order valence-corrected chi connectivity index (χ2v) is 9.83. The van der Waals surface area contributed by atoms with Crippen LogP contribution >= 0.6 is 0 Å². The number of hydrogen-bond donors (Lipinski definition) is 0. The van der Waals surface area contributed by atoms with Gasteiger partial charge in [-0.1, -0.05) is 6.07 Å².